The number of rotatable bonds is 3. The van der Waals surface area contributed by atoms with Crippen LogP contribution in [-0.4, -0.2) is 26.3 Å². The van der Waals surface area contributed by atoms with Gasteiger partial charge in [0.15, 0.2) is 5.82 Å². The molecule has 0 fully saturated rings. The van der Waals surface area contributed by atoms with E-state index in [0.29, 0.717) is 5.95 Å². The van der Waals surface area contributed by atoms with Crippen molar-refractivity contribution in [2.45, 2.75) is 13.8 Å². The average Bonchev–Trinajstić information content (AvgIpc) is 2.97. The number of aryl methyl sites for hydroxylation is 1. The smallest absolute Gasteiger partial charge is 0.226 e. The minimum atomic E-state index is 0.649. The lowest BCUT2D eigenvalue weighted by molar-refractivity contribution is 0.837. The molecule has 0 aliphatic carbocycles. The van der Waals surface area contributed by atoms with Crippen LogP contribution in [-0.2, 0) is 0 Å². The third-order valence-electron chi connectivity index (χ3n) is 2.58. The summed E-state index contributed by atoms with van der Waals surface area (Å²) < 4.78 is 1.80. The highest BCUT2D eigenvalue weighted by Crippen LogP contribution is 2.25. The number of anilines is 1. The summed E-state index contributed by atoms with van der Waals surface area (Å²) in [4.78, 5) is 9.98. The van der Waals surface area contributed by atoms with E-state index in [1.807, 2.05) is 37.6 Å². The van der Waals surface area contributed by atoms with E-state index in [4.69, 9.17) is 0 Å². The van der Waals surface area contributed by atoms with E-state index in [0.717, 1.165) is 28.3 Å². The van der Waals surface area contributed by atoms with Crippen LogP contribution in [0, 0.1) is 6.92 Å². The van der Waals surface area contributed by atoms with Gasteiger partial charge in [-0.05, 0) is 31.4 Å². The van der Waals surface area contributed by atoms with Crippen LogP contribution in [0.2, 0.25) is 0 Å². The maximum Gasteiger partial charge on any atom is 0.226 e. The van der Waals surface area contributed by atoms with E-state index >= 15 is 0 Å². The zero-order chi connectivity index (χ0) is 12.5. The lowest BCUT2D eigenvalue weighted by Gasteiger charge is -2.06. The Kier molecular flexibility index (Phi) is 2.71. The summed E-state index contributed by atoms with van der Waals surface area (Å²) in [6.07, 6.45) is 1.92. The van der Waals surface area contributed by atoms with Gasteiger partial charge in [-0.1, -0.05) is 0 Å². The van der Waals surface area contributed by atoms with Crippen molar-refractivity contribution in [3.8, 4) is 5.82 Å². The quantitative estimate of drug-likeness (QED) is 0.785. The van der Waals surface area contributed by atoms with E-state index in [2.05, 4.69) is 20.4 Å². The standard InChI is InChI=1S/C12H13N5S/c1-3-13-12-14-10(17-6-4-8(2)16-17)9-5-7-18-11(9)15-12/h4-7H,3H2,1-2H3,(H,13,14,15). The Morgan fingerprint density at radius 1 is 1.33 bits per heavy atom. The minimum absolute atomic E-state index is 0.649. The van der Waals surface area contributed by atoms with Crippen molar-refractivity contribution in [1.82, 2.24) is 19.7 Å². The first-order valence-corrected chi connectivity index (χ1v) is 6.67. The molecule has 3 aromatic heterocycles. The van der Waals surface area contributed by atoms with Crippen molar-refractivity contribution < 1.29 is 0 Å². The largest absolute Gasteiger partial charge is 0.354 e. The molecule has 0 aromatic carbocycles. The molecule has 0 radical (unpaired) electrons. The molecule has 5 nitrogen and oxygen atoms in total. The van der Waals surface area contributed by atoms with Crippen LogP contribution in [0.5, 0.6) is 0 Å². The zero-order valence-corrected chi connectivity index (χ0v) is 11.0. The van der Waals surface area contributed by atoms with Crippen molar-refractivity contribution >= 4 is 27.5 Å². The van der Waals surface area contributed by atoms with Gasteiger partial charge in [0.1, 0.15) is 4.83 Å². The number of hydrogen-bond donors (Lipinski definition) is 1. The molecule has 0 spiro atoms. The van der Waals surface area contributed by atoms with E-state index in [1.54, 1.807) is 16.0 Å². The molecule has 0 saturated heterocycles. The van der Waals surface area contributed by atoms with E-state index < -0.39 is 0 Å². The molecule has 0 aliphatic rings. The van der Waals surface area contributed by atoms with Crippen LogP contribution in [0.1, 0.15) is 12.6 Å². The van der Waals surface area contributed by atoms with E-state index in [9.17, 15) is 0 Å². The molecule has 3 heterocycles. The van der Waals surface area contributed by atoms with Crippen molar-refractivity contribution in [2.24, 2.45) is 0 Å². The Balaban J connectivity index is 2.22. The van der Waals surface area contributed by atoms with Crippen LogP contribution >= 0.6 is 11.3 Å². The molecule has 18 heavy (non-hydrogen) atoms. The fraction of sp³-hybridized carbons (Fsp3) is 0.250. The Hall–Kier alpha value is -1.95. The van der Waals surface area contributed by atoms with Gasteiger partial charge in [0.2, 0.25) is 5.95 Å². The third-order valence-corrected chi connectivity index (χ3v) is 3.39. The van der Waals surface area contributed by atoms with Crippen molar-refractivity contribution in [3.05, 3.63) is 29.4 Å². The Morgan fingerprint density at radius 3 is 2.94 bits per heavy atom. The summed E-state index contributed by atoms with van der Waals surface area (Å²) in [6, 6.07) is 4.00. The van der Waals surface area contributed by atoms with Crippen molar-refractivity contribution in [1.29, 1.82) is 0 Å². The molecule has 0 unspecified atom stereocenters. The second kappa shape index (κ2) is 4.38. The van der Waals surface area contributed by atoms with Crippen LogP contribution in [0.25, 0.3) is 16.0 Å². The van der Waals surface area contributed by atoms with Gasteiger partial charge in [0, 0.05) is 12.7 Å². The molecule has 92 valence electrons. The number of aromatic nitrogens is 4. The molecular weight excluding hydrogens is 246 g/mol. The number of nitrogens with one attached hydrogen (secondary N) is 1. The Morgan fingerprint density at radius 2 is 2.22 bits per heavy atom. The van der Waals surface area contributed by atoms with Gasteiger partial charge in [-0.2, -0.15) is 10.1 Å². The van der Waals surface area contributed by atoms with Crippen LogP contribution < -0.4 is 5.32 Å². The molecule has 3 aromatic rings. The van der Waals surface area contributed by atoms with E-state index in [-0.39, 0.29) is 0 Å². The fourth-order valence-corrected chi connectivity index (χ4v) is 2.54. The molecule has 3 rings (SSSR count). The Labute approximate surface area is 109 Å². The minimum Gasteiger partial charge on any atom is -0.354 e. The molecule has 0 saturated carbocycles. The van der Waals surface area contributed by atoms with Gasteiger partial charge >= 0.3 is 0 Å². The highest BCUT2D eigenvalue weighted by Gasteiger charge is 2.10. The average molecular weight is 259 g/mol. The van der Waals surface area contributed by atoms with Crippen molar-refractivity contribution in [3.63, 3.8) is 0 Å². The topological polar surface area (TPSA) is 55.6 Å². The normalized spacial score (nSPS) is 11.0. The second-order valence-corrected chi connectivity index (χ2v) is 4.84. The molecule has 0 atom stereocenters. The lowest BCUT2D eigenvalue weighted by atomic mass is 10.4. The number of thiophene rings is 1. The molecule has 6 heteroatoms. The molecule has 1 N–H and O–H groups in total. The first kappa shape index (κ1) is 11.2. The Bertz CT molecular complexity index is 685. The summed E-state index contributed by atoms with van der Waals surface area (Å²) in [5.74, 6) is 1.47. The number of hydrogen-bond acceptors (Lipinski definition) is 5. The van der Waals surface area contributed by atoms with Crippen molar-refractivity contribution in [2.75, 3.05) is 11.9 Å². The van der Waals surface area contributed by atoms with Gasteiger partial charge in [0.05, 0.1) is 11.1 Å². The third kappa shape index (κ3) is 1.84. The van der Waals surface area contributed by atoms with Gasteiger partial charge in [-0.15, -0.1) is 11.3 Å². The van der Waals surface area contributed by atoms with Gasteiger partial charge in [-0.3, -0.25) is 0 Å². The fourth-order valence-electron chi connectivity index (χ4n) is 1.78. The molecule has 0 aliphatic heterocycles. The SMILES string of the molecule is CCNc1nc(-n2ccc(C)n2)c2ccsc2n1. The van der Waals surface area contributed by atoms with Gasteiger partial charge in [-0.25, -0.2) is 9.67 Å². The predicted molar refractivity (Wildman–Crippen MR) is 73.4 cm³/mol. The monoisotopic (exact) mass is 259 g/mol. The first-order valence-electron chi connectivity index (χ1n) is 5.79. The van der Waals surface area contributed by atoms with Crippen LogP contribution in [0.15, 0.2) is 23.7 Å². The van der Waals surface area contributed by atoms with Crippen LogP contribution in [0.4, 0.5) is 5.95 Å². The molecule has 0 amide bonds. The van der Waals surface area contributed by atoms with Gasteiger partial charge in [0.25, 0.3) is 0 Å². The summed E-state index contributed by atoms with van der Waals surface area (Å²) in [6.45, 7) is 4.79. The summed E-state index contributed by atoms with van der Waals surface area (Å²) >= 11 is 1.61. The molecule has 0 bridgehead atoms. The van der Waals surface area contributed by atoms with E-state index in [1.165, 1.54) is 0 Å². The zero-order valence-electron chi connectivity index (χ0n) is 10.2. The number of nitrogens with zero attached hydrogens (tertiary/aromatic N) is 4. The summed E-state index contributed by atoms with van der Waals surface area (Å²) in [5.41, 5.74) is 0.974. The maximum absolute atomic E-state index is 4.53. The summed E-state index contributed by atoms with van der Waals surface area (Å²) in [7, 11) is 0. The van der Waals surface area contributed by atoms with Gasteiger partial charge < -0.3 is 5.32 Å². The second-order valence-electron chi connectivity index (χ2n) is 3.94. The summed E-state index contributed by atoms with van der Waals surface area (Å²) in [5, 5.41) is 10.6. The highest BCUT2D eigenvalue weighted by molar-refractivity contribution is 7.16. The lowest BCUT2D eigenvalue weighted by Crippen LogP contribution is -2.06. The highest BCUT2D eigenvalue weighted by atomic mass is 32.1. The maximum atomic E-state index is 4.53. The predicted octanol–water partition coefficient (Wildman–Crippen LogP) is 2.62. The van der Waals surface area contributed by atoms with Crippen LogP contribution in [0.3, 0.4) is 0 Å². The number of fused-ring (bicyclic) bond motifs is 1. The first-order chi connectivity index (χ1) is 8.78. The molecular formula is C12H13N5S.